The van der Waals surface area contributed by atoms with Gasteiger partial charge in [-0.05, 0) is 29.3 Å². The van der Waals surface area contributed by atoms with E-state index in [0.717, 1.165) is 17.8 Å². The average molecular weight is 338 g/mol. The van der Waals surface area contributed by atoms with Gasteiger partial charge < -0.3 is 5.32 Å². The van der Waals surface area contributed by atoms with Crippen LogP contribution in [-0.4, -0.2) is 19.7 Å². The second-order valence-electron chi connectivity index (χ2n) is 4.40. The van der Waals surface area contributed by atoms with Gasteiger partial charge in [0, 0.05) is 12.7 Å². The molecule has 0 aliphatic rings. The highest BCUT2D eigenvalue weighted by molar-refractivity contribution is 9.10. The van der Waals surface area contributed by atoms with Crippen molar-refractivity contribution in [3.63, 3.8) is 0 Å². The molecule has 0 unspecified atom stereocenters. The summed E-state index contributed by atoms with van der Waals surface area (Å²) in [5.41, 5.74) is 2.20. The predicted octanol–water partition coefficient (Wildman–Crippen LogP) is 2.13. The summed E-state index contributed by atoms with van der Waals surface area (Å²) in [7, 11) is 0. The lowest BCUT2D eigenvalue weighted by Crippen LogP contribution is -2.24. The molecule has 7 heteroatoms. The zero-order valence-corrected chi connectivity index (χ0v) is 13.0. The van der Waals surface area contributed by atoms with Crippen molar-refractivity contribution >= 4 is 21.6 Å². The molecule has 1 N–H and O–H groups in total. The molecular weight excluding hydrogens is 322 g/mol. The molecule has 0 saturated heterocycles. The summed E-state index contributed by atoms with van der Waals surface area (Å²) in [6.45, 7) is 4.99. The van der Waals surface area contributed by atoms with Crippen LogP contribution in [0, 0.1) is 6.92 Å². The van der Waals surface area contributed by atoms with E-state index < -0.39 is 0 Å². The molecule has 2 aromatic rings. The Morgan fingerprint density at radius 2 is 2.10 bits per heavy atom. The van der Waals surface area contributed by atoms with Gasteiger partial charge in [0.25, 0.3) is 5.56 Å². The quantitative estimate of drug-likeness (QED) is 0.904. The molecule has 0 fully saturated rings. The van der Waals surface area contributed by atoms with Gasteiger partial charge in [0.2, 0.25) is 0 Å². The number of rotatable bonds is 5. The molecule has 0 aromatic carbocycles. The fourth-order valence-corrected chi connectivity index (χ4v) is 2.10. The lowest BCUT2D eigenvalue weighted by Gasteiger charge is -2.09. The van der Waals surface area contributed by atoms with Crippen LogP contribution in [0.4, 0.5) is 5.69 Å². The van der Waals surface area contributed by atoms with Crippen LogP contribution in [0.25, 0.3) is 0 Å². The van der Waals surface area contributed by atoms with Crippen molar-refractivity contribution in [3.8, 4) is 0 Å². The summed E-state index contributed by atoms with van der Waals surface area (Å²) in [6.07, 6.45) is 5.93. The van der Waals surface area contributed by atoms with Crippen molar-refractivity contribution in [2.24, 2.45) is 0 Å². The van der Waals surface area contributed by atoms with E-state index in [0.29, 0.717) is 23.2 Å². The number of aryl methyl sites for hydroxylation is 2. The number of anilines is 1. The zero-order chi connectivity index (χ0) is 14.5. The van der Waals surface area contributed by atoms with E-state index in [9.17, 15) is 4.79 Å². The van der Waals surface area contributed by atoms with E-state index in [1.807, 2.05) is 13.8 Å². The van der Waals surface area contributed by atoms with Crippen molar-refractivity contribution in [1.29, 1.82) is 0 Å². The number of aromatic nitrogens is 4. The molecular formula is C13H16BrN5O. The van der Waals surface area contributed by atoms with Gasteiger partial charge in [0.05, 0.1) is 36.0 Å². The van der Waals surface area contributed by atoms with Gasteiger partial charge in [0.15, 0.2) is 0 Å². The monoisotopic (exact) mass is 337 g/mol. The summed E-state index contributed by atoms with van der Waals surface area (Å²) in [4.78, 5) is 20.4. The molecule has 106 valence electrons. The van der Waals surface area contributed by atoms with E-state index in [4.69, 9.17) is 0 Å². The molecule has 0 atom stereocenters. The van der Waals surface area contributed by atoms with Crippen LogP contribution >= 0.6 is 15.9 Å². The van der Waals surface area contributed by atoms with E-state index >= 15 is 0 Å². The van der Waals surface area contributed by atoms with Crippen molar-refractivity contribution in [2.45, 2.75) is 33.4 Å². The molecule has 20 heavy (non-hydrogen) atoms. The third-order valence-corrected chi connectivity index (χ3v) is 3.48. The SMILES string of the molecule is CCCn1ncc(NCc2cnc(C)cn2)c(Br)c1=O. The molecule has 0 bridgehead atoms. The molecule has 2 heterocycles. The summed E-state index contributed by atoms with van der Waals surface area (Å²) < 4.78 is 1.93. The Morgan fingerprint density at radius 1 is 1.30 bits per heavy atom. The van der Waals surface area contributed by atoms with E-state index in [1.54, 1.807) is 18.6 Å². The normalized spacial score (nSPS) is 10.6. The van der Waals surface area contributed by atoms with Gasteiger partial charge in [-0.15, -0.1) is 0 Å². The Balaban J connectivity index is 2.12. The predicted molar refractivity (Wildman–Crippen MR) is 80.6 cm³/mol. The zero-order valence-electron chi connectivity index (χ0n) is 11.4. The minimum atomic E-state index is -0.133. The van der Waals surface area contributed by atoms with Crippen LogP contribution in [0.2, 0.25) is 0 Å². The number of hydrogen-bond donors (Lipinski definition) is 1. The van der Waals surface area contributed by atoms with Crippen LogP contribution in [0.1, 0.15) is 24.7 Å². The minimum Gasteiger partial charge on any atom is -0.377 e. The van der Waals surface area contributed by atoms with Crippen molar-refractivity contribution in [3.05, 3.63) is 44.8 Å². The van der Waals surface area contributed by atoms with Crippen LogP contribution in [0.3, 0.4) is 0 Å². The van der Waals surface area contributed by atoms with Crippen molar-refractivity contribution < 1.29 is 0 Å². The lowest BCUT2D eigenvalue weighted by atomic mass is 10.4. The first kappa shape index (κ1) is 14.6. The van der Waals surface area contributed by atoms with E-state index in [2.05, 4.69) is 36.3 Å². The van der Waals surface area contributed by atoms with Gasteiger partial charge in [-0.25, -0.2) is 4.68 Å². The van der Waals surface area contributed by atoms with Gasteiger partial charge in [0.1, 0.15) is 4.47 Å². The molecule has 2 aromatic heterocycles. The third-order valence-electron chi connectivity index (χ3n) is 2.71. The molecule has 0 saturated carbocycles. The molecule has 0 aliphatic carbocycles. The largest absolute Gasteiger partial charge is 0.377 e. The molecule has 0 aliphatic heterocycles. The fraction of sp³-hybridized carbons (Fsp3) is 0.385. The molecule has 0 spiro atoms. The third kappa shape index (κ3) is 3.41. The van der Waals surface area contributed by atoms with E-state index in [-0.39, 0.29) is 5.56 Å². The second-order valence-corrected chi connectivity index (χ2v) is 5.20. The maximum Gasteiger partial charge on any atom is 0.283 e. The molecule has 0 radical (unpaired) electrons. The highest BCUT2D eigenvalue weighted by Gasteiger charge is 2.08. The average Bonchev–Trinajstić information content (AvgIpc) is 2.45. The maximum absolute atomic E-state index is 12.0. The minimum absolute atomic E-state index is 0.133. The summed E-state index contributed by atoms with van der Waals surface area (Å²) >= 11 is 3.31. The Labute approximate surface area is 125 Å². The molecule has 0 amide bonds. The van der Waals surface area contributed by atoms with Gasteiger partial charge in [-0.1, -0.05) is 6.92 Å². The van der Waals surface area contributed by atoms with Crippen molar-refractivity contribution in [1.82, 2.24) is 19.7 Å². The van der Waals surface area contributed by atoms with Crippen LogP contribution in [0.5, 0.6) is 0 Å². The van der Waals surface area contributed by atoms with Crippen molar-refractivity contribution in [2.75, 3.05) is 5.32 Å². The number of nitrogens with one attached hydrogen (secondary N) is 1. The summed E-state index contributed by atoms with van der Waals surface area (Å²) in [5, 5.41) is 7.26. The van der Waals surface area contributed by atoms with Crippen LogP contribution < -0.4 is 10.9 Å². The first-order valence-electron chi connectivity index (χ1n) is 6.38. The first-order valence-corrected chi connectivity index (χ1v) is 7.18. The topological polar surface area (TPSA) is 72.7 Å². The number of halogens is 1. The van der Waals surface area contributed by atoms with E-state index in [1.165, 1.54) is 4.68 Å². The van der Waals surface area contributed by atoms with Crippen LogP contribution in [0.15, 0.2) is 27.9 Å². The van der Waals surface area contributed by atoms with Crippen LogP contribution in [-0.2, 0) is 13.1 Å². The van der Waals surface area contributed by atoms with Gasteiger partial charge in [-0.2, -0.15) is 5.10 Å². The summed E-state index contributed by atoms with van der Waals surface area (Å²) in [5.74, 6) is 0. The first-order chi connectivity index (χ1) is 9.61. The Bertz CT molecular complexity index is 638. The van der Waals surface area contributed by atoms with Gasteiger partial charge in [-0.3, -0.25) is 14.8 Å². The highest BCUT2D eigenvalue weighted by Crippen LogP contribution is 2.16. The number of nitrogens with zero attached hydrogens (tertiary/aromatic N) is 4. The molecule has 6 nitrogen and oxygen atoms in total. The summed E-state index contributed by atoms with van der Waals surface area (Å²) in [6, 6.07) is 0. The highest BCUT2D eigenvalue weighted by atomic mass is 79.9. The Morgan fingerprint density at radius 3 is 2.75 bits per heavy atom. The Hall–Kier alpha value is -1.76. The fourth-order valence-electron chi connectivity index (χ4n) is 1.66. The smallest absolute Gasteiger partial charge is 0.283 e. The second kappa shape index (κ2) is 6.60. The molecule has 2 rings (SSSR count). The Kier molecular flexibility index (Phi) is 4.84. The maximum atomic E-state index is 12.0. The van der Waals surface area contributed by atoms with Gasteiger partial charge >= 0.3 is 0 Å². The lowest BCUT2D eigenvalue weighted by molar-refractivity contribution is 0.566. The number of hydrogen-bond acceptors (Lipinski definition) is 5. The standard InChI is InChI=1S/C13H16BrN5O/c1-3-4-19-13(20)12(14)11(8-18-19)17-7-10-6-15-9(2)5-16-10/h5-6,8,17H,3-4,7H2,1-2H3.